The zero-order chi connectivity index (χ0) is 21.0. The molecule has 0 aliphatic heterocycles. The van der Waals surface area contributed by atoms with E-state index in [-0.39, 0.29) is 11.5 Å². The Hall–Kier alpha value is -3.39. The first-order valence-corrected chi connectivity index (χ1v) is 9.14. The van der Waals surface area contributed by atoms with Crippen molar-refractivity contribution in [2.75, 3.05) is 21.3 Å². The highest BCUT2D eigenvalue weighted by Crippen LogP contribution is 2.34. The van der Waals surface area contributed by atoms with Crippen LogP contribution in [0.3, 0.4) is 0 Å². The number of nitrogens with one attached hydrogen (secondary N) is 3. The van der Waals surface area contributed by atoms with E-state index < -0.39 is 0 Å². The molecule has 1 heterocycles. The molecule has 8 heteroatoms. The maximum atomic E-state index is 12.6. The van der Waals surface area contributed by atoms with Gasteiger partial charge in [0, 0.05) is 30.8 Å². The van der Waals surface area contributed by atoms with Crippen molar-refractivity contribution >= 4 is 16.8 Å². The minimum absolute atomic E-state index is 0.132. The van der Waals surface area contributed by atoms with E-state index in [4.69, 9.17) is 9.47 Å². The van der Waals surface area contributed by atoms with Gasteiger partial charge in [-0.1, -0.05) is 12.1 Å². The SMILES string of the molecule is CNC(=O)c1cccc(CNCc2nc3cc(OC)c(OC)c(C)c3c(=O)[nH]2)c1. The second-order valence-corrected chi connectivity index (χ2v) is 6.53. The summed E-state index contributed by atoms with van der Waals surface area (Å²) in [6.07, 6.45) is 0. The van der Waals surface area contributed by atoms with Crippen LogP contribution in [0.4, 0.5) is 0 Å². The molecule has 0 spiro atoms. The van der Waals surface area contributed by atoms with Gasteiger partial charge in [0.1, 0.15) is 5.82 Å². The molecule has 0 saturated carbocycles. The van der Waals surface area contributed by atoms with Crippen LogP contribution in [0.1, 0.15) is 27.3 Å². The van der Waals surface area contributed by atoms with Crippen LogP contribution < -0.4 is 25.7 Å². The average Bonchev–Trinajstić information content (AvgIpc) is 2.72. The second-order valence-electron chi connectivity index (χ2n) is 6.53. The smallest absolute Gasteiger partial charge is 0.259 e. The molecule has 0 radical (unpaired) electrons. The number of methoxy groups -OCH3 is 2. The van der Waals surface area contributed by atoms with Crippen LogP contribution in [0.25, 0.3) is 10.9 Å². The van der Waals surface area contributed by atoms with Gasteiger partial charge in [0.05, 0.1) is 31.7 Å². The van der Waals surface area contributed by atoms with Crippen LogP contribution in [0, 0.1) is 6.92 Å². The van der Waals surface area contributed by atoms with Crippen LogP contribution in [-0.4, -0.2) is 37.1 Å². The summed E-state index contributed by atoms with van der Waals surface area (Å²) in [6, 6.07) is 9.04. The zero-order valence-electron chi connectivity index (χ0n) is 16.9. The maximum absolute atomic E-state index is 12.6. The molecule has 3 N–H and O–H groups in total. The Balaban J connectivity index is 1.81. The van der Waals surface area contributed by atoms with Gasteiger partial charge in [0.25, 0.3) is 11.5 Å². The number of aryl methyl sites for hydroxylation is 1. The predicted octanol–water partition coefficient (Wildman–Crippen LogP) is 1.90. The molecule has 0 saturated heterocycles. The van der Waals surface area contributed by atoms with E-state index in [1.165, 1.54) is 7.11 Å². The van der Waals surface area contributed by atoms with Gasteiger partial charge in [-0.2, -0.15) is 0 Å². The molecule has 0 unspecified atom stereocenters. The third-order valence-electron chi connectivity index (χ3n) is 4.67. The lowest BCUT2D eigenvalue weighted by Crippen LogP contribution is -2.21. The van der Waals surface area contributed by atoms with E-state index in [0.717, 1.165) is 5.56 Å². The number of aromatic nitrogens is 2. The Bertz CT molecular complexity index is 1110. The minimum Gasteiger partial charge on any atom is -0.493 e. The third-order valence-corrected chi connectivity index (χ3v) is 4.67. The molecular weight excluding hydrogens is 372 g/mol. The number of nitrogens with zero attached hydrogens (tertiary/aromatic N) is 1. The van der Waals surface area contributed by atoms with Crippen molar-refractivity contribution in [3.05, 3.63) is 63.2 Å². The summed E-state index contributed by atoms with van der Waals surface area (Å²) < 4.78 is 10.7. The standard InChI is InChI=1S/C21H24N4O4/c1-12-18-15(9-16(28-3)19(12)29-4)24-17(25-21(18)27)11-23-10-13-6-5-7-14(8-13)20(26)22-2/h5-9,23H,10-11H2,1-4H3,(H,22,26)(H,24,25,27). The number of hydrogen-bond donors (Lipinski definition) is 3. The van der Waals surface area contributed by atoms with E-state index >= 15 is 0 Å². The molecule has 3 rings (SSSR count). The summed E-state index contributed by atoms with van der Waals surface area (Å²) in [6.45, 7) is 2.69. The van der Waals surface area contributed by atoms with Crippen molar-refractivity contribution < 1.29 is 14.3 Å². The molecule has 0 fully saturated rings. The van der Waals surface area contributed by atoms with E-state index in [9.17, 15) is 9.59 Å². The number of benzene rings is 2. The van der Waals surface area contributed by atoms with E-state index in [0.29, 0.717) is 52.4 Å². The molecule has 3 aromatic rings. The van der Waals surface area contributed by atoms with Crippen LogP contribution in [0.5, 0.6) is 11.5 Å². The lowest BCUT2D eigenvalue weighted by atomic mass is 10.1. The highest BCUT2D eigenvalue weighted by molar-refractivity contribution is 5.94. The summed E-state index contributed by atoms with van der Waals surface area (Å²) in [4.78, 5) is 31.7. The minimum atomic E-state index is -0.230. The monoisotopic (exact) mass is 396 g/mol. The fourth-order valence-corrected chi connectivity index (χ4v) is 3.28. The van der Waals surface area contributed by atoms with Crippen LogP contribution in [-0.2, 0) is 13.1 Å². The first kappa shape index (κ1) is 20.3. The topological polar surface area (TPSA) is 105 Å². The molecule has 0 atom stereocenters. The van der Waals surface area contributed by atoms with Crippen LogP contribution in [0.2, 0.25) is 0 Å². The summed E-state index contributed by atoms with van der Waals surface area (Å²) in [5.74, 6) is 1.43. The summed E-state index contributed by atoms with van der Waals surface area (Å²) >= 11 is 0. The quantitative estimate of drug-likeness (QED) is 0.563. The van der Waals surface area contributed by atoms with E-state index in [2.05, 4.69) is 20.6 Å². The highest BCUT2D eigenvalue weighted by atomic mass is 16.5. The summed E-state index contributed by atoms with van der Waals surface area (Å²) in [7, 11) is 4.68. The molecular formula is C21H24N4O4. The van der Waals surface area contributed by atoms with E-state index in [1.807, 2.05) is 18.2 Å². The lowest BCUT2D eigenvalue weighted by Gasteiger charge is -2.13. The number of carbonyl (C=O) groups excluding carboxylic acids is 1. The van der Waals surface area contributed by atoms with Gasteiger partial charge in [-0.15, -0.1) is 0 Å². The van der Waals surface area contributed by atoms with Crippen LogP contribution in [0.15, 0.2) is 35.1 Å². The molecule has 0 bridgehead atoms. The third kappa shape index (κ3) is 4.22. The number of ether oxygens (including phenoxy) is 2. The van der Waals surface area contributed by atoms with Crippen molar-refractivity contribution in [3.63, 3.8) is 0 Å². The van der Waals surface area contributed by atoms with Gasteiger partial charge >= 0.3 is 0 Å². The number of H-pyrrole nitrogens is 1. The Kier molecular flexibility index (Phi) is 6.13. The number of fused-ring (bicyclic) bond motifs is 1. The maximum Gasteiger partial charge on any atom is 0.259 e. The number of amides is 1. The van der Waals surface area contributed by atoms with E-state index in [1.54, 1.807) is 33.2 Å². The fourth-order valence-electron chi connectivity index (χ4n) is 3.28. The molecule has 8 nitrogen and oxygen atoms in total. The Morgan fingerprint density at radius 3 is 2.66 bits per heavy atom. The first-order chi connectivity index (χ1) is 14.0. The van der Waals surface area contributed by atoms with Gasteiger partial charge in [0.2, 0.25) is 0 Å². The zero-order valence-corrected chi connectivity index (χ0v) is 16.9. The van der Waals surface area contributed by atoms with Crippen LogP contribution >= 0.6 is 0 Å². The highest BCUT2D eigenvalue weighted by Gasteiger charge is 2.16. The second kappa shape index (κ2) is 8.74. The Morgan fingerprint density at radius 1 is 1.17 bits per heavy atom. The molecule has 2 aromatic carbocycles. The largest absolute Gasteiger partial charge is 0.493 e. The molecule has 152 valence electrons. The number of rotatable bonds is 7. The molecule has 0 aliphatic carbocycles. The lowest BCUT2D eigenvalue weighted by molar-refractivity contribution is 0.0963. The summed E-state index contributed by atoms with van der Waals surface area (Å²) in [5, 5.41) is 6.32. The Morgan fingerprint density at radius 2 is 1.97 bits per heavy atom. The molecule has 0 aliphatic rings. The summed E-state index contributed by atoms with van der Waals surface area (Å²) in [5.41, 5.74) is 2.55. The first-order valence-electron chi connectivity index (χ1n) is 9.14. The van der Waals surface area contributed by atoms with Crippen molar-refractivity contribution in [1.82, 2.24) is 20.6 Å². The molecule has 1 aromatic heterocycles. The van der Waals surface area contributed by atoms with Crippen molar-refractivity contribution in [1.29, 1.82) is 0 Å². The normalized spacial score (nSPS) is 10.8. The van der Waals surface area contributed by atoms with Gasteiger partial charge in [-0.05, 0) is 24.6 Å². The van der Waals surface area contributed by atoms with Crippen molar-refractivity contribution in [2.45, 2.75) is 20.0 Å². The molecule has 29 heavy (non-hydrogen) atoms. The number of aromatic amines is 1. The van der Waals surface area contributed by atoms with Gasteiger partial charge in [-0.3, -0.25) is 9.59 Å². The Labute approximate surface area is 168 Å². The van der Waals surface area contributed by atoms with Gasteiger partial charge < -0.3 is 25.1 Å². The number of carbonyl (C=O) groups is 1. The van der Waals surface area contributed by atoms with Crippen molar-refractivity contribution in [2.24, 2.45) is 0 Å². The number of hydrogen-bond acceptors (Lipinski definition) is 6. The van der Waals surface area contributed by atoms with Gasteiger partial charge in [0.15, 0.2) is 11.5 Å². The average molecular weight is 396 g/mol. The van der Waals surface area contributed by atoms with Gasteiger partial charge in [-0.25, -0.2) is 4.98 Å². The molecule has 1 amide bonds. The predicted molar refractivity (Wildman–Crippen MR) is 111 cm³/mol. The fraction of sp³-hybridized carbons (Fsp3) is 0.286. The van der Waals surface area contributed by atoms with Crippen molar-refractivity contribution in [3.8, 4) is 11.5 Å².